The Balaban J connectivity index is 1.82. The van der Waals surface area contributed by atoms with Gasteiger partial charge in [0.25, 0.3) is 15.9 Å². The highest BCUT2D eigenvalue weighted by Crippen LogP contribution is 2.23. The Morgan fingerprint density at radius 3 is 2.38 bits per heavy atom. The topological polar surface area (TPSA) is 72.5 Å². The monoisotopic (exact) mass is 537 g/mol. The van der Waals surface area contributed by atoms with E-state index in [1.54, 1.807) is 30.3 Å². The summed E-state index contributed by atoms with van der Waals surface area (Å²) < 4.78 is 34.6. The van der Waals surface area contributed by atoms with Crippen LogP contribution in [0.4, 0.5) is 0 Å². The summed E-state index contributed by atoms with van der Waals surface area (Å²) >= 11 is 6.61. The van der Waals surface area contributed by atoms with Crippen molar-refractivity contribution in [1.29, 1.82) is 0 Å². The third-order valence-electron chi connectivity index (χ3n) is 4.02. The van der Waals surface area contributed by atoms with Gasteiger partial charge in [-0.25, -0.2) is 13.1 Å². The van der Waals surface area contributed by atoms with Crippen LogP contribution in [-0.2, 0) is 16.6 Å². The summed E-state index contributed by atoms with van der Waals surface area (Å²) in [7, 11) is -4.02. The Labute approximate surface area is 186 Å². The van der Waals surface area contributed by atoms with Crippen LogP contribution in [0.2, 0.25) is 0 Å². The Morgan fingerprint density at radius 2 is 1.69 bits per heavy atom. The standard InChI is InChI=1S/C21H17Br2NO4S/c1-14-5-10-19(20(11-14)28-13-15-6-8-16(22)9-7-15)21(25)24-29(26,27)18-4-2-3-17(23)12-18/h2-12H,13H2,1H3,(H,24,25). The van der Waals surface area contributed by atoms with Gasteiger partial charge in [0.2, 0.25) is 0 Å². The minimum absolute atomic E-state index is 0.00957. The minimum Gasteiger partial charge on any atom is -0.488 e. The fourth-order valence-corrected chi connectivity index (χ4v) is 4.38. The van der Waals surface area contributed by atoms with Gasteiger partial charge in [-0.15, -0.1) is 0 Å². The Kier molecular flexibility index (Phi) is 6.77. The lowest BCUT2D eigenvalue weighted by molar-refractivity contribution is 0.0977. The smallest absolute Gasteiger partial charge is 0.268 e. The highest BCUT2D eigenvalue weighted by Gasteiger charge is 2.21. The molecule has 29 heavy (non-hydrogen) atoms. The van der Waals surface area contributed by atoms with Crippen molar-refractivity contribution in [3.8, 4) is 5.75 Å². The first kappa shape index (κ1) is 21.5. The molecule has 3 rings (SSSR count). The van der Waals surface area contributed by atoms with Crippen LogP contribution < -0.4 is 9.46 Å². The van der Waals surface area contributed by atoms with E-state index in [1.807, 2.05) is 31.2 Å². The molecular weight excluding hydrogens is 522 g/mol. The van der Waals surface area contributed by atoms with E-state index in [0.29, 0.717) is 10.2 Å². The average molecular weight is 539 g/mol. The molecule has 3 aromatic carbocycles. The number of halogens is 2. The quantitative estimate of drug-likeness (QED) is 0.467. The molecule has 0 fully saturated rings. The molecule has 0 saturated heterocycles. The zero-order valence-electron chi connectivity index (χ0n) is 15.4. The predicted molar refractivity (Wildman–Crippen MR) is 118 cm³/mol. The molecular formula is C21H17Br2NO4S. The summed E-state index contributed by atoms with van der Waals surface area (Å²) in [6, 6.07) is 18.7. The third kappa shape index (κ3) is 5.68. The molecule has 0 atom stereocenters. The number of hydrogen-bond donors (Lipinski definition) is 1. The molecule has 0 unspecified atom stereocenters. The van der Waals surface area contributed by atoms with Gasteiger partial charge in [0.15, 0.2) is 0 Å². The fourth-order valence-electron chi connectivity index (χ4n) is 2.55. The Morgan fingerprint density at radius 1 is 0.966 bits per heavy atom. The maximum absolute atomic E-state index is 12.7. The second kappa shape index (κ2) is 9.11. The van der Waals surface area contributed by atoms with Crippen LogP contribution in [0.25, 0.3) is 0 Å². The molecule has 0 bridgehead atoms. The molecule has 0 aliphatic heterocycles. The van der Waals surface area contributed by atoms with Gasteiger partial charge in [-0.05, 0) is 60.5 Å². The number of amides is 1. The van der Waals surface area contributed by atoms with E-state index in [4.69, 9.17) is 4.74 Å². The third-order valence-corrected chi connectivity index (χ3v) is 6.37. The van der Waals surface area contributed by atoms with E-state index in [-0.39, 0.29) is 17.1 Å². The molecule has 150 valence electrons. The molecule has 0 heterocycles. The summed E-state index contributed by atoms with van der Waals surface area (Å²) in [5, 5.41) is 0. The Hall–Kier alpha value is -2.16. The molecule has 0 aliphatic carbocycles. The SMILES string of the molecule is Cc1ccc(C(=O)NS(=O)(=O)c2cccc(Br)c2)c(OCc2ccc(Br)cc2)c1. The molecule has 0 radical (unpaired) electrons. The molecule has 0 spiro atoms. The lowest BCUT2D eigenvalue weighted by Crippen LogP contribution is -2.31. The number of rotatable bonds is 6. The molecule has 1 N–H and O–H groups in total. The van der Waals surface area contributed by atoms with Crippen LogP contribution in [0.3, 0.4) is 0 Å². The van der Waals surface area contributed by atoms with Gasteiger partial charge in [-0.3, -0.25) is 4.79 Å². The number of ether oxygens (including phenoxy) is 1. The first-order valence-corrected chi connectivity index (χ1v) is 11.6. The number of hydrogen-bond acceptors (Lipinski definition) is 4. The number of benzene rings is 3. The summed E-state index contributed by atoms with van der Waals surface area (Å²) in [5.41, 5.74) is 1.95. The van der Waals surface area contributed by atoms with Crippen molar-refractivity contribution in [2.45, 2.75) is 18.4 Å². The summed E-state index contributed by atoms with van der Waals surface area (Å²) in [6.45, 7) is 2.11. The molecule has 5 nitrogen and oxygen atoms in total. The van der Waals surface area contributed by atoms with E-state index in [9.17, 15) is 13.2 Å². The normalized spacial score (nSPS) is 11.1. The van der Waals surface area contributed by atoms with Gasteiger partial charge in [0.05, 0.1) is 10.5 Å². The maximum Gasteiger partial charge on any atom is 0.268 e. The van der Waals surface area contributed by atoms with Gasteiger partial charge < -0.3 is 4.74 Å². The molecule has 8 heteroatoms. The van der Waals surface area contributed by atoms with Crippen molar-refractivity contribution < 1.29 is 17.9 Å². The number of aryl methyl sites for hydroxylation is 1. The summed E-state index contributed by atoms with van der Waals surface area (Å²) in [4.78, 5) is 12.7. The van der Waals surface area contributed by atoms with Gasteiger partial charge >= 0.3 is 0 Å². The minimum atomic E-state index is -4.02. The van der Waals surface area contributed by atoms with Crippen molar-refractivity contribution >= 4 is 47.8 Å². The van der Waals surface area contributed by atoms with E-state index in [0.717, 1.165) is 15.6 Å². The van der Waals surface area contributed by atoms with Gasteiger partial charge in [-0.2, -0.15) is 0 Å². The van der Waals surface area contributed by atoms with Crippen LogP contribution in [0.15, 0.2) is 80.6 Å². The molecule has 0 aromatic heterocycles. The van der Waals surface area contributed by atoms with Crippen LogP contribution in [0.5, 0.6) is 5.75 Å². The highest BCUT2D eigenvalue weighted by atomic mass is 79.9. The van der Waals surface area contributed by atoms with Crippen LogP contribution in [0.1, 0.15) is 21.5 Å². The van der Waals surface area contributed by atoms with E-state index in [2.05, 4.69) is 36.6 Å². The lowest BCUT2D eigenvalue weighted by Gasteiger charge is -2.13. The van der Waals surface area contributed by atoms with Crippen molar-refractivity contribution in [1.82, 2.24) is 4.72 Å². The largest absolute Gasteiger partial charge is 0.488 e. The first-order valence-electron chi connectivity index (χ1n) is 8.55. The number of sulfonamides is 1. The zero-order valence-corrected chi connectivity index (χ0v) is 19.3. The predicted octanol–water partition coefficient (Wildman–Crippen LogP) is 5.22. The molecule has 0 aliphatic rings. The number of nitrogens with one attached hydrogen (secondary N) is 1. The maximum atomic E-state index is 12.7. The second-order valence-electron chi connectivity index (χ2n) is 6.31. The van der Waals surface area contributed by atoms with E-state index < -0.39 is 15.9 Å². The zero-order chi connectivity index (χ0) is 21.0. The number of carbonyl (C=O) groups excluding carboxylic acids is 1. The summed E-state index contributed by atoms with van der Waals surface area (Å²) in [6.07, 6.45) is 0. The van der Waals surface area contributed by atoms with Crippen LogP contribution in [0, 0.1) is 6.92 Å². The second-order valence-corrected chi connectivity index (χ2v) is 9.82. The van der Waals surface area contributed by atoms with E-state index in [1.165, 1.54) is 12.1 Å². The van der Waals surface area contributed by atoms with Crippen molar-refractivity contribution in [2.75, 3.05) is 0 Å². The van der Waals surface area contributed by atoms with Crippen molar-refractivity contribution in [3.63, 3.8) is 0 Å². The van der Waals surface area contributed by atoms with Gasteiger partial charge in [-0.1, -0.05) is 56.1 Å². The molecule has 3 aromatic rings. The molecule has 1 amide bonds. The fraction of sp³-hybridized carbons (Fsp3) is 0.0952. The Bertz CT molecular complexity index is 1150. The lowest BCUT2D eigenvalue weighted by atomic mass is 10.1. The van der Waals surface area contributed by atoms with Crippen LogP contribution in [-0.4, -0.2) is 14.3 Å². The van der Waals surface area contributed by atoms with Crippen molar-refractivity contribution in [2.24, 2.45) is 0 Å². The van der Waals surface area contributed by atoms with Gasteiger partial charge in [0.1, 0.15) is 12.4 Å². The van der Waals surface area contributed by atoms with E-state index >= 15 is 0 Å². The molecule has 0 saturated carbocycles. The summed E-state index contributed by atoms with van der Waals surface area (Å²) in [5.74, 6) is -0.439. The van der Waals surface area contributed by atoms with Crippen molar-refractivity contribution in [3.05, 3.63) is 92.4 Å². The highest BCUT2D eigenvalue weighted by molar-refractivity contribution is 9.10. The number of carbonyl (C=O) groups is 1. The van der Waals surface area contributed by atoms with Crippen LogP contribution >= 0.6 is 31.9 Å². The van der Waals surface area contributed by atoms with Gasteiger partial charge in [0, 0.05) is 8.95 Å². The average Bonchev–Trinajstić information content (AvgIpc) is 2.67. The first-order chi connectivity index (χ1) is 13.7.